The smallest absolute Gasteiger partial charge is 0.263 e. The Morgan fingerprint density at radius 1 is 1.24 bits per heavy atom. The lowest BCUT2D eigenvalue weighted by Gasteiger charge is -2.08. The van der Waals surface area contributed by atoms with Crippen LogP contribution >= 0.6 is 10.7 Å². The number of unbranched alkanes of at least 4 members (excludes halogenated alkanes) is 1. The van der Waals surface area contributed by atoms with E-state index in [9.17, 15) is 8.42 Å². The second-order valence-electron chi connectivity index (χ2n) is 4.98. The molecule has 0 amide bonds. The number of rotatable bonds is 7. The topological polar surface area (TPSA) is 48.3 Å². The summed E-state index contributed by atoms with van der Waals surface area (Å²) in [5, 5.41) is 0.581. The predicted molar refractivity (Wildman–Crippen MR) is 85.7 cm³/mol. The van der Waals surface area contributed by atoms with Crippen LogP contribution < -0.4 is 4.74 Å². The van der Waals surface area contributed by atoms with Crippen molar-refractivity contribution in [1.29, 1.82) is 0 Å². The van der Waals surface area contributed by atoms with Gasteiger partial charge in [-0.1, -0.05) is 26.3 Å². The molecule has 4 nitrogen and oxygen atoms in total. The van der Waals surface area contributed by atoms with Crippen LogP contribution in [0.25, 0.3) is 10.9 Å². The molecule has 0 aliphatic heterocycles. The number of benzene rings is 1. The van der Waals surface area contributed by atoms with Gasteiger partial charge in [0, 0.05) is 23.4 Å². The summed E-state index contributed by atoms with van der Waals surface area (Å²) < 4.78 is 31.3. The fourth-order valence-electron chi connectivity index (χ4n) is 2.31. The van der Waals surface area contributed by atoms with Gasteiger partial charge >= 0.3 is 0 Å². The van der Waals surface area contributed by atoms with E-state index in [2.05, 4.69) is 6.92 Å². The Kier molecular flexibility index (Phi) is 5.17. The van der Waals surface area contributed by atoms with Gasteiger partial charge in [0.1, 0.15) is 10.6 Å². The third-order valence-corrected chi connectivity index (χ3v) is 4.64. The van der Waals surface area contributed by atoms with Crippen LogP contribution in [0.2, 0.25) is 0 Å². The lowest BCUT2D eigenvalue weighted by atomic mass is 10.2. The van der Waals surface area contributed by atoms with Gasteiger partial charge in [0.15, 0.2) is 0 Å². The molecule has 1 aromatic heterocycles. The Bertz CT molecular complexity index is 722. The first-order valence-electron chi connectivity index (χ1n) is 7.18. The van der Waals surface area contributed by atoms with Crippen LogP contribution in [0.1, 0.15) is 33.1 Å². The fraction of sp³-hybridized carbons (Fsp3) is 0.467. The molecule has 21 heavy (non-hydrogen) atoms. The summed E-state index contributed by atoms with van der Waals surface area (Å²) in [4.78, 5) is 0.127. The molecular weight excluding hydrogens is 310 g/mol. The highest BCUT2D eigenvalue weighted by Gasteiger charge is 2.21. The Balaban J connectivity index is 2.63. The highest BCUT2D eigenvalue weighted by molar-refractivity contribution is 8.14. The summed E-state index contributed by atoms with van der Waals surface area (Å²) in [6.07, 6.45) is 4.48. The van der Waals surface area contributed by atoms with Gasteiger partial charge in [0.05, 0.1) is 17.5 Å². The van der Waals surface area contributed by atoms with Crippen molar-refractivity contribution in [2.45, 2.75) is 44.6 Å². The second-order valence-corrected chi connectivity index (χ2v) is 7.51. The number of hydrogen-bond acceptors (Lipinski definition) is 3. The first kappa shape index (κ1) is 16.2. The maximum Gasteiger partial charge on any atom is 0.263 e. The van der Waals surface area contributed by atoms with Crippen LogP contribution in [0.5, 0.6) is 5.75 Å². The van der Waals surface area contributed by atoms with Gasteiger partial charge in [-0.05, 0) is 25.0 Å². The zero-order valence-electron chi connectivity index (χ0n) is 12.3. The minimum absolute atomic E-state index is 0.127. The molecule has 2 aromatic rings. The Labute approximate surface area is 130 Å². The molecule has 0 N–H and O–H groups in total. The molecule has 0 saturated heterocycles. The van der Waals surface area contributed by atoms with Crippen molar-refractivity contribution >= 4 is 30.6 Å². The highest BCUT2D eigenvalue weighted by atomic mass is 35.7. The van der Waals surface area contributed by atoms with Crippen molar-refractivity contribution in [3.63, 3.8) is 0 Å². The monoisotopic (exact) mass is 329 g/mol. The summed E-state index contributed by atoms with van der Waals surface area (Å²) in [5.41, 5.74) is 0.844. The molecule has 1 aromatic carbocycles. The Morgan fingerprint density at radius 3 is 2.62 bits per heavy atom. The molecular formula is C15H20ClNO3S. The van der Waals surface area contributed by atoms with Gasteiger partial charge in [-0.15, -0.1) is 0 Å². The minimum Gasteiger partial charge on any atom is -0.493 e. The van der Waals surface area contributed by atoms with Crippen LogP contribution in [0.3, 0.4) is 0 Å². The summed E-state index contributed by atoms with van der Waals surface area (Å²) in [6, 6.07) is 5.56. The number of hydrogen-bond donors (Lipinski definition) is 0. The third-order valence-electron chi connectivity index (χ3n) is 3.31. The van der Waals surface area contributed by atoms with Crippen LogP contribution in [-0.4, -0.2) is 19.6 Å². The van der Waals surface area contributed by atoms with Gasteiger partial charge in [0.2, 0.25) is 0 Å². The summed E-state index contributed by atoms with van der Waals surface area (Å²) >= 11 is 0. The number of fused-ring (bicyclic) bond motifs is 1. The number of ether oxygens (including phenoxy) is 1. The van der Waals surface area contributed by atoms with Crippen molar-refractivity contribution < 1.29 is 13.2 Å². The molecule has 1 heterocycles. The van der Waals surface area contributed by atoms with Crippen LogP contribution in [0.15, 0.2) is 29.3 Å². The van der Waals surface area contributed by atoms with Gasteiger partial charge in [0.25, 0.3) is 9.05 Å². The van der Waals surface area contributed by atoms with Crippen molar-refractivity contribution in [3.8, 4) is 5.75 Å². The highest BCUT2D eigenvalue weighted by Crippen LogP contribution is 2.35. The molecule has 0 radical (unpaired) electrons. The van der Waals surface area contributed by atoms with Crippen molar-refractivity contribution in [1.82, 2.24) is 4.57 Å². The maximum atomic E-state index is 11.9. The standard InChI is InChI=1S/C15H20ClNO3S/c1-3-5-9-17-11-14(21(16,18)19)15-12(17)7-6-8-13(15)20-10-4-2/h6-8,11H,3-5,9-10H2,1-2H3. The second kappa shape index (κ2) is 6.71. The molecule has 0 bridgehead atoms. The largest absolute Gasteiger partial charge is 0.493 e. The average Bonchev–Trinajstić information content (AvgIpc) is 2.82. The molecule has 0 unspecified atom stereocenters. The van der Waals surface area contributed by atoms with Gasteiger partial charge < -0.3 is 9.30 Å². The summed E-state index contributed by atoms with van der Waals surface area (Å²) in [5.74, 6) is 0.573. The first-order chi connectivity index (χ1) is 9.99. The van der Waals surface area contributed by atoms with E-state index >= 15 is 0 Å². The zero-order valence-corrected chi connectivity index (χ0v) is 13.9. The van der Waals surface area contributed by atoms with Crippen molar-refractivity contribution in [2.24, 2.45) is 0 Å². The van der Waals surface area contributed by atoms with E-state index in [0.29, 0.717) is 17.7 Å². The van der Waals surface area contributed by atoms with Crippen molar-refractivity contribution in [3.05, 3.63) is 24.4 Å². The number of aryl methyl sites for hydroxylation is 1. The zero-order chi connectivity index (χ0) is 15.5. The van der Waals surface area contributed by atoms with Gasteiger partial charge in [-0.25, -0.2) is 8.42 Å². The maximum absolute atomic E-state index is 11.9. The predicted octanol–water partition coefficient (Wildman–Crippen LogP) is 4.16. The fourth-order valence-corrected chi connectivity index (χ4v) is 3.37. The Hall–Kier alpha value is -1.20. The quantitative estimate of drug-likeness (QED) is 0.717. The average molecular weight is 330 g/mol. The van der Waals surface area contributed by atoms with E-state index in [1.807, 2.05) is 23.6 Å². The van der Waals surface area contributed by atoms with E-state index < -0.39 is 9.05 Å². The Morgan fingerprint density at radius 2 is 2.00 bits per heavy atom. The normalized spacial score (nSPS) is 12.0. The molecule has 6 heteroatoms. The summed E-state index contributed by atoms with van der Waals surface area (Å²) in [6.45, 7) is 5.41. The van der Waals surface area contributed by atoms with Crippen molar-refractivity contribution in [2.75, 3.05) is 6.61 Å². The molecule has 0 aliphatic rings. The SMILES string of the molecule is CCCCn1cc(S(=O)(=O)Cl)c2c(OCCC)cccc21. The molecule has 0 fully saturated rings. The molecule has 0 atom stereocenters. The molecule has 0 spiro atoms. The lowest BCUT2D eigenvalue weighted by Crippen LogP contribution is -1.97. The molecule has 0 saturated carbocycles. The van der Waals surface area contributed by atoms with Crippen LogP contribution in [0.4, 0.5) is 0 Å². The minimum atomic E-state index is -3.81. The number of nitrogens with zero attached hydrogens (tertiary/aromatic N) is 1. The van der Waals surface area contributed by atoms with E-state index in [4.69, 9.17) is 15.4 Å². The molecule has 116 valence electrons. The number of halogens is 1. The van der Waals surface area contributed by atoms with E-state index in [1.54, 1.807) is 12.3 Å². The van der Waals surface area contributed by atoms with Gasteiger partial charge in [-0.2, -0.15) is 0 Å². The van der Waals surface area contributed by atoms with E-state index in [0.717, 1.165) is 31.3 Å². The van der Waals surface area contributed by atoms with E-state index in [1.165, 1.54) is 0 Å². The van der Waals surface area contributed by atoms with Crippen LogP contribution in [0, 0.1) is 0 Å². The first-order valence-corrected chi connectivity index (χ1v) is 9.49. The number of aromatic nitrogens is 1. The van der Waals surface area contributed by atoms with Gasteiger partial charge in [-0.3, -0.25) is 0 Å². The van der Waals surface area contributed by atoms with Crippen LogP contribution in [-0.2, 0) is 15.6 Å². The lowest BCUT2D eigenvalue weighted by molar-refractivity contribution is 0.321. The molecule has 2 rings (SSSR count). The summed E-state index contributed by atoms with van der Waals surface area (Å²) in [7, 11) is 1.78. The molecule has 0 aliphatic carbocycles. The van der Waals surface area contributed by atoms with E-state index in [-0.39, 0.29) is 4.90 Å². The third kappa shape index (κ3) is 3.52.